The lowest BCUT2D eigenvalue weighted by atomic mass is 9.97. The third-order valence-electron chi connectivity index (χ3n) is 3.97. The molecule has 3 heterocycles. The number of pyridine rings is 1. The highest BCUT2D eigenvalue weighted by molar-refractivity contribution is 7.13. The molecule has 1 amide bonds. The highest BCUT2D eigenvalue weighted by atomic mass is 32.1. The average molecular weight is 331 g/mol. The quantitative estimate of drug-likeness (QED) is 0.934. The van der Waals surface area contributed by atoms with Crippen molar-refractivity contribution in [2.45, 2.75) is 25.7 Å². The van der Waals surface area contributed by atoms with Gasteiger partial charge in [-0.3, -0.25) is 4.79 Å². The molecule has 1 N–H and O–H groups in total. The van der Waals surface area contributed by atoms with E-state index >= 15 is 0 Å². The summed E-state index contributed by atoms with van der Waals surface area (Å²) in [5.74, 6) is -0.757. The Labute approximate surface area is 137 Å². The molecule has 0 atom stereocenters. The molecule has 3 rings (SSSR count). The number of amides is 1. The van der Waals surface area contributed by atoms with Crippen molar-refractivity contribution in [3.05, 3.63) is 45.7 Å². The van der Waals surface area contributed by atoms with E-state index in [1.807, 2.05) is 24.0 Å². The van der Waals surface area contributed by atoms with Crippen LogP contribution in [0.2, 0.25) is 0 Å². The molecule has 1 fully saturated rings. The summed E-state index contributed by atoms with van der Waals surface area (Å²) < 4.78 is 0. The van der Waals surface area contributed by atoms with Gasteiger partial charge in [-0.1, -0.05) is 6.07 Å². The van der Waals surface area contributed by atoms with Crippen molar-refractivity contribution < 1.29 is 14.7 Å². The third kappa shape index (κ3) is 3.39. The molecule has 6 nitrogen and oxygen atoms in total. The summed E-state index contributed by atoms with van der Waals surface area (Å²) in [5.41, 5.74) is 1.31. The van der Waals surface area contributed by atoms with Crippen LogP contribution in [-0.2, 0) is 0 Å². The number of carboxylic acids is 1. The third-order valence-corrected chi connectivity index (χ3v) is 5.12. The van der Waals surface area contributed by atoms with E-state index in [1.54, 1.807) is 6.07 Å². The fourth-order valence-corrected chi connectivity index (χ4v) is 3.65. The number of aryl methyl sites for hydroxylation is 1. The van der Waals surface area contributed by atoms with Crippen LogP contribution in [-0.4, -0.2) is 44.9 Å². The van der Waals surface area contributed by atoms with Crippen LogP contribution in [0.3, 0.4) is 0 Å². The van der Waals surface area contributed by atoms with E-state index in [2.05, 4.69) is 9.97 Å². The molecule has 0 spiro atoms. The fourth-order valence-electron chi connectivity index (χ4n) is 2.73. The summed E-state index contributed by atoms with van der Waals surface area (Å²) in [4.78, 5) is 34.0. The molecule has 1 saturated heterocycles. The predicted molar refractivity (Wildman–Crippen MR) is 85.9 cm³/mol. The fraction of sp³-hybridized carbons (Fsp3) is 0.375. The Hall–Kier alpha value is -2.28. The van der Waals surface area contributed by atoms with Crippen LogP contribution in [0.25, 0.3) is 0 Å². The van der Waals surface area contributed by atoms with Crippen LogP contribution in [0, 0.1) is 6.92 Å². The molecule has 0 aromatic carbocycles. The zero-order valence-electron chi connectivity index (χ0n) is 12.7. The zero-order valence-corrected chi connectivity index (χ0v) is 13.5. The molecular formula is C16H17N3O3S. The number of piperidine rings is 1. The SMILES string of the molecule is Cc1cccc(C(=O)N2CCC(c3ncc(C(=O)O)s3)CC2)n1. The van der Waals surface area contributed by atoms with Gasteiger partial charge in [0, 0.05) is 24.7 Å². The van der Waals surface area contributed by atoms with Crippen molar-refractivity contribution in [2.75, 3.05) is 13.1 Å². The first kappa shape index (κ1) is 15.6. The Morgan fingerprint density at radius 1 is 1.30 bits per heavy atom. The van der Waals surface area contributed by atoms with Gasteiger partial charge in [0.05, 0.1) is 11.2 Å². The Morgan fingerprint density at radius 3 is 2.65 bits per heavy atom. The first-order chi connectivity index (χ1) is 11.0. The molecule has 2 aromatic heterocycles. The largest absolute Gasteiger partial charge is 0.477 e. The Kier molecular flexibility index (Phi) is 4.38. The Balaban J connectivity index is 1.63. The number of carboxylic acid groups (broad SMARTS) is 1. The normalized spacial score (nSPS) is 15.6. The number of hydrogen-bond acceptors (Lipinski definition) is 5. The maximum Gasteiger partial charge on any atom is 0.347 e. The molecule has 7 heteroatoms. The topological polar surface area (TPSA) is 83.4 Å². The maximum absolute atomic E-state index is 12.5. The minimum Gasteiger partial charge on any atom is -0.477 e. The van der Waals surface area contributed by atoms with Gasteiger partial charge in [0.1, 0.15) is 10.6 Å². The molecule has 2 aromatic rings. The molecule has 0 unspecified atom stereocenters. The Bertz CT molecular complexity index is 736. The summed E-state index contributed by atoms with van der Waals surface area (Å²) in [6, 6.07) is 5.44. The van der Waals surface area contributed by atoms with E-state index in [9.17, 15) is 9.59 Å². The first-order valence-corrected chi connectivity index (χ1v) is 8.28. The number of rotatable bonds is 3. The van der Waals surface area contributed by atoms with Gasteiger partial charge in [-0.05, 0) is 31.9 Å². The van der Waals surface area contributed by atoms with E-state index in [1.165, 1.54) is 17.5 Å². The number of nitrogens with zero attached hydrogens (tertiary/aromatic N) is 3. The smallest absolute Gasteiger partial charge is 0.347 e. The predicted octanol–water partition coefficient (Wildman–Crippen LogP) is 2.56. The van der Waals surface area contributed by atoms with Gasteiger partial charge >= 0.3 is 5.97 Å². The number of carbonyl (C=O) groups is 2. The van der Waals surface area contributed by atoms with Gasteiger partial charge in [0.2, 0.25) is 0 Å². The molecule has 1 aliphatic heterocycles. The van der Waals surface area contributed by atoms with Crippen molar-refractivity contribution in [3.8, 4) is 0 Å². The monoisotopic (exact) mass is 331 g/mol. The lowest BCUT2D eigenvalue weighted by Gasteiger charge is -2.30. The van der Waals surface area contributed by atoms with Gasteiger partial charge in [-0.15, -0.1) is 11.3 Å². The number of aromatic nitrogens is 2. The second kappa shape index (κ2) is 6.45. The number of likely N-dealkylation sites (tertiary alicyclic amines) is 1. The summed E-state index contributed by atoms with van der Waals surface area (Å²) >= 11 is 1.23. The lowest BCUT2D eigenvalue weighted by Crippen LogP contribution is -2.38. The minimum atomic E-state index is -0.938. The van der Waals surface area contributed by atoms with Crippen molar-refractivity contribution in [1.82, 2.24) is 14.9 Å². The molecule has 0 saturated carbocycles. The van der Waals surface area contributed by atoms with Crippen molar-refractivity contribution in [2.24, 2.45) is 0 Å². The van der Waals surface area contributed by atoms with Crippen molar-refractivity contribution in [1.29, 1.82) is 0 Å². The van der Waals surface area contributed by atoms with Crippen LogP contribution < -0.4 is 0 Å². The van der Waals surface area contributed by atoms with Gasteiger partial charge in [-0.25, -0.2) is 14.8 Å². The zero-order chi connectivity index (χ0) is 16.4. The van der Waals surface area contributed by atoms with E-state index in [0.29, 0.717) is 18.8 Å². The van der Waals surface area contributed by atoms with Crippen molar-refractivity contribution >= 4 is 23.2 Å². The summed E-state index contributed by atoms with van der Waals surface area (Å²) in [5, 5.41) is 9.82. The van der Waals surface area contributed by atoms with Gasteiger partial charge < -0.3 is 10.0 Å². The van der Waals surface area contributed by atoms with Crippen LogP contribution in [0.4, 0.5) is 0 Å². The summed E-state index contributed by atoms with van der Waals surface area (Å²) in [6.45, 7) is 3.15. The van der Waals surface area contributed by atoms with Crippen molar-refractivity contribution in [3.63, 3.8) is 0 Å². The Morgan fingerprint density at radius 2 is 2.04 bits per heavy atom. The second-order valence-corrected chi connectivity index (χ2v) is 6.66. The standard InChI is InChI=1S/C16H17N3O3S/c1-10-3-2-4-12(18-10)15(20)19-7-5-11(6-8-19)14-17-9-13(23-14)16(21)22/h2-4,9,11H,5-8H2,1H3,(H,21,22). The summed E-state index contributed by atoms with van der Waals surface area (Å²) in [7, 11) is 0. The maximum atomic E-state index is 12.5. The first-order valence-electron chi connectivity index (χ1n) is 7.46. The molecular weight excluding hydrogens is 314 g/mol. The lowest BCUT2D eigenvalue weighted by molar-refractivity contribution is 0.0695. The van der Waals surface area contributed by atoms with Gasteiger partial charge in [0.25, 0.3) is 5.91 Å². The van der Waals surface area contributed by atoms with E-state index in [4.69, 9.17) is 5.11 Å². The van der Waals surface area contributed by atoms with Gasteiger partial charge in [-0.2, -0.15) is 0 Å². The van der Waals surface area contributed by atoms with E-state index in [0.717, 1.165) is 23.5 Å². The van der Waals surface area contributed by atoms with Crippen LogP contribution >= 0.6 is 11.3 Å². The molecule has 120 valence electrons. The molecule has 1 aliphatic rings. The average Bonchev–Trinajstić information content (AvgIpc) is 3.04. The second-order valence-electron chi connectivity index (χ2n) is 5.60. The van der Waals surface area contributed by atoms with Crippen LogP contribution in [0.5, 0.6) is 0 Å². The van der Waals surface area contributed by atoms with E-state index in [-0.39, 0.29) is 16.7 Å². The molecule has 0 aliphatic carbocycles. The number of hydrogen-bond donors (Lipinski definition) is 1. The summed E-state index contributed by atoms with van der Waals surface area (Å²) in [6.07, 6.45) is 3.00. The highest BCUT2D eigenvalue weighted by Gasteiger charge is 2.27. The van der Waals surface area contributed by atoms with Gasteiger partial charge in [0.15, 0.2) is 0 Å². The molecule has 0 radical (unpaired) electrons. The highest BCUT2D eigenvalue weighted by Crippen LogP contribution is 2.31. The molecule has 23 heavy (non-hydrogen) atoms. The van der Waals surface area contributed by atoms with Crippen LogP contribution in [0.1, 0.15) is 49.6 Å². The number of thiazole rings is 1. The number of aromatic carboxylic acids is 1. The van der Waals surface area contributed by atoms with E-state index < -0.39 is 5.97 Å². The van der Waals surface area contributed by atoms with Crippen LogP contribution in [0.15, 0.2) is 24.4 Å². The molecule has 0 bridgehead atoms. The number of carbonyl (C=O) groups excluding carboxylic acids is 1. The minimum absolute atomic E-state index is 0.0440.